The summed E-state index contributed by atoms with van der Waals surface area (Å²) in [6, 6.07) is 6.01. The van der Waals surface area contributed by atoms with Gasteiger partial charge in [0.05, 0.1) is 10.0 Å². The minimum Gasteiger partial charge on any atom is -0.0925 e. The molecule has 2 rings (SSSR count). The van der Waals surface area contributed by atoms with Crippen LogP contribution in [0.3, 0.4) is 0 Å². The molecule has 1 aliphatic carbocycles. The zero-order valence-corrected chi connectivity index (χ0v) is 12.9. The van der Waals surface area contributed by atoms with Crippen LogP contribution in [0.5, 0.6) is 0 Å². The zero-order chi connectivity index (χ0) is 12.3. The Kier molecular flexibility index (Phi) is 5.20. The van der Waals surface area contributed by atoms with Gasteiger partial charge in [-0.2, -0.15) is 0 Å². The van der Waals surface area contributed by atoms with Crippen molar-refractivity contribution in [2.45, 2.75) is 32.1 Å². The zero-order valence-electron chi connectivity index (χ0n) is 9.76. The fourth-order valence-corrected chi connectivity index (χ4v) is 3.82. The minimum atomic E-state index is 0.645. The Hall–Kier alpha value is 0.280. The first-order valence-corrected chi connectivity index (χ1v) is 8.08. The second-order valence-electron chi connectivity index (χ2n) is 4.91. The molecule has 0 nitrogen and oxygen atoms in total. The summed E-state index contributed by atoms with van der Waals surface area (Å²) in [5, 5.41) is 2.40. The number of rotatable bonds is 4. The molecule has 0 aromatic heterocycles. The summed E-state index contributed by atoms with van der Waals surface area (Å²) in [5.41, 5.74) is 1.30. The molecule has 3 heteroatoms. The van der Waals surface area contributed by atoms with Crippen molar-refractivity contribution in [1.29, 1.82) is 0 Å². The fraction of sp³-hybridized carbons (Fsp3) is 0.571. The Bertz CT molecular complexity index is 372. The highest BCUT2D eigenvalue weighted by Gasteiger charge is 2.24. The summed E-state index contributed by atoms with van der Waals surface area (Å²) in [4.78, 5) is 0. The van der Waals surface area contributed by atoms with Gasteiger partial charge in [0.15, 0.2) is 0 Å². The molecule has 1 saturated carbocycles. The predicted octanol–water partition coefficient (Wildman–Crippen LogP) is 5.74. The molecule has 0 radical (unpaired) electrons. The van der Waals surface area contributed by atoms with Gasteiger partial charge in [0.2, 0.25) is 0 Å². The van der Waals surface area contributed by atoms with Gasteiger partial charge in [-0.05, 0) is 36.0 Å². The molecule has 1 atom stereocenters. The Labute approximate surface area is 122 Å². The molecule has 1 fully saturated rings. The molecular formula is C14H17BrCl2. The Balaban J connectivity index is 2.04. The normalized spacial score (nSPS) is 18.5. The molecular weight excluding hydrogens is 319 g/mol. The third kappa shape index (κ3) is 3.62. The molecule has 0 spiro atoms. The maximum Gasteiger partial charge on any atom is 0.0595 e. The lowest BCUT2D eigenvalue weighted by Gasteiger charge is -2.21. The summed E-state index contributed by atoms with van der Waals surface area (Å²) >= 11 is 15.7. The second kappa shape index (κ2) is 6.45. The van der Waals surface area contributed by atoms with Crippen molar-refractivity contribution >= 4 is 39.1 Å². The highest BCUT2D eigenvalue weighted by molar-refractivity contribution is 9.09. The van der Waals surface area contributed by atoms with Crippen LogP contribution in [0.15, 0.2) is 18.2 Å². The lowest BCUT2D eigenvalue weighted by molar-refractivity contribution is 0.373. The van der Waals surface area contributed by atoms with Gasteiger partial charge < -0.3 is 0 Å². The van der Waals surface area contributed by atoms with Crippen molar-refractivity contribution in [3.05, 3.63) is 33.8 Å². The van der Waals surface area contributed by atoms with Crippen LogP contribution in [0.25, 0.3) is 0 Å². The molecule has 0 aliphatic heterocycles. The van der Waals surface area contributed by atoms with Crippen LogP contribution in [0.1, 0.15) is 31.2 Å². The molecule has 94 valence electrons. The minimum absolute atomic E-state index is 0.645. The van der Waals surface area contributed by atoms with E-state index < -0.39 is 0 Å². The van der Waals surface area contributed by atoms with Crippen LogP contribution in [-0.4, -0.2) is 5.33 Å². The third-order valence-electron chi connectivity index (χ3n) is 3.75. The monoisotopic (exact) mass is 334 g/mol. The van der Waals surface area contributed by atoms with Crippen LogP contribution in [0.4, 0.5) is 0 Å². The number of benzene rings is 1. The van der Waals surface area contributed by atoms with E-state index in [4.69, 9.17) is 23.2 Å². The lowest BCUT2D eigenvalue weighted by atomic mass is 9.87. The average molecular weight is 336 g/mol. The quantitative estimate of drug-likeness (QED) is 0.615. The smallest absolute Gasteiger partial charge is 0.0595 e. The number of hydrogen-bond acceptors (Lipinski definition) is 0. The average Bonchev–Trinajstić information content (AvgIpc) is 2.84. The van der Waals surface area contributed by atoms with E-state index in [2.05, 4.69) is 22.0 Å². The van der Waals surface area contributed by atoms with Crippen molar-refractivity contribution in [1.82, 2.24) is 0 Å². The summed E-state index contributed by atoms with van der Waals surface area (Å²) in [5.74, 6) is 1.61. The standard InChI is InChI=1S/C14H17BrCl2/c15-9-12(11-3-1-2-4-11)7-10-5-6-13(16)14(17)8-10/h5-6,8,11-12H,1-4,7,9H2. The Morgan fingerprint density at radius 1 is 1.18 bits per heavy atom. The van der Waals surface area contributed by atoms with Gasteiger partial charge in [0.1, 0.15) is 0 Å². The van der Waals surface area contributed by atoms with Crippen molar-refractivity contribution < 1.29 is 0 Å². The van der Waals surface area contributed by atoms with Gasteiger partial charge in [0, 0.05) is 5.33 Å². The van der Waals surface area contributed by atoms with E-state index in [1.54, 1.807) is 0 Å². The molecule has 0 saturated heterocycles. The van der Waals surface area contributed by atoms with Gasteiger partial charge in [-0.1, -0.05) is 70.9 Å². The van der Waals surface area contributed by atoms with Gasteiger partial charge in [0.25, 0.3) is 0 Å². The van der Waals surface area contributed by atoms with Gasteiger partial charge in [-0.3, -0.25) is 0 Å². The maximum atomic E-state index is 6.06. The molecule has 0 bridgehead atoms. The molecule has 17 heavy (non-hydrogen) atoms. The predicted molar refractivity (Wildman–Crippen MR) is 79.4 cm³/mol. The Morgan fingerprint density at radius 3 is 2.47 bits per heavy atom. The summed E-state index contributed by atoms with van der Waals surface area (Å²) in [6.07, 6.45) is 6.67. The van der Waals surface area contributed by atoms with Gasteiger partial charge in [-0.15, -0.1) is 0 Å². The van der Waals surface area contributed by atoms with E-state index in [0.29, 0.717) is 10.0 Å². The van der Waals surface area contributed by atoms with E-state index in [1.807, 2.05) is 12.1 Å². The highest BCUT2D eigenvalue weighted by Crippen LogP contribution is 2.35. The largest absolute Gasteiger partial charge is 0.0925 e. The van der Waals surface area contributed by atoms with Crippen molar-refractivity contribution in [2.24, 2.45) is 11.8 Å². The molecule has 1 unspecified atom stereocenters. The third-order valence-corrected chi connectivity index (χ3v) is 5.32. The van der Waals surface area contributed by atoms with Crippen molar-refractivity contribution in [2.75, 3.05) is 5.33 Å². The van der Waals surface area contributed by atoms with Gasteiger partial charge >= 0.3 is 0 Å². The van der Waals surface area contributed by atoms with Crippen LogP contribution < -0.4 is 0 Å². The maximum absolute atomic E-state index is 6.06. The van der Waals surface area contributed by atoms with Crippen LogP contribution in [0, 0.1) is 11.8 Å². The summed E-state index contributed by atoms with van der Waals surface area (Å²) in [6.45, 7) is 0. The number of hydrogen-bond donors (Lipinski definition) is 0. The SMILES string of the molecule is Clc1ccc(CC(CBr)C2CCCC2)cc1Cl. The molecule has 1 aliphatic rings. The van der Waals surface area contributed by atoms with Crippen LogP contribution in [-0.2, 0) is 6.42 Å². The first-order chi connectivity index (χ1) is 8.20. The van der Waals surface area contributed by atoms with E-state index in [0.717, 1.165) is 23.6 Å². The Morgan fingerprint density at radius 2 is 1.88 bits per heavy atom. The molecule has 1 aromatic rings. The van der Waals surface area contributed by atoms with Crippen LogP contribution >= 0.6 is 39.1 Å². The fourth-order valence-electron chi connectivity index (χ4n) is 2.75. The van der Waals surface area contributed by atoms with Crippen molar-refractivity contribution in [3.63, 3.8) is 0 Å². The number of halogens is 3. The summed E-state index contributed by atoms with van der Waals surface area (Å²) < 4.78 is 0. The van der Waals surface area contributed by atoms with E-state index in [9.17, 15) is 0 Å². The first kappa shape index (κ1) is 13.7. The van der Waals surface area contributed by atoms with E-state index in [1.165, 1.54) is 31.2 Å². The highest BCUT2D eigenvalue weighted by atomic mass is 79.9. The molecule has 1 aromatic carbocycles. The molecule has 0 N–H and O–H groups in total. The lowest BCUT2D eigenvalue weighted by Crippen LogP contribution is -2.16. The molecule has 0 amide bonds. The van der Waals surface area contributed by atoms with Gasteiger partial charge in [-0.25, -0.2) is 0 Å². The van der Waals surface area contributed by atoms with E-state index in [-0.39, 0.29) is 0 Å². The second-order valence-corrected chi connectivity index (χ2v) is 6.37. The topological polar surface area (TPSA) is 0 Å². The number of alkyl halides is 1. The van der Waals surface area contributed by atoms with Crippen LogP contribution in [0.2, 0.25) is 10.0 Å². The first-order valence-electron chi connectivity index (χ1n) is 6.20. The van der Waals surface area contributed by atoms with E-state index >= 15 is 0 Å². The molecule has 0 heterocycles. The van der Waals surface area contributed by atoms with Crippen molar-refractivity contribution in [3.8, 4) is 0 Å². The summed E-state index contributed by atoms with van der Waals surface area (Å²) in [7, 11) is 0.